The molecule has 0 aliphatic heterocycles. The van der Waals surface area contributed by atoms with Crippen LogP contribution in [0, 0.1) is 0 Å². The number of rotatable bonds is 3. The summed E-state index contributed by atoms with van der Waals surface area (Å²) in [4.78, 5) is 15.1. The van der Waals surface area contributed by atoms with Crippen LogP contribution in [-0.4, -0.2) is 30.1 Å². The number of carbonyl (C=O) groups is 1. The Morgan fingerprint density at radius 3 is 2.60 bits per heavy atom. The fourth-order valence-corrected chi connectivity index (χ4v) is 1.01. The molecule has 5 heteroatoms. The highest BCUT2D eigenvalue weighted by molar-refractivity contribution is 5.82. The molecule has 0 unspecified atom stereocenters. The van der Waals surface area contributed by atoms with Gasteiger partial charge in [0.25, 0.3) is 0 Å². The van der Waals surface area contributed by atoms with Crippen molar-refractivity contribution in [2.75, 3.05) is 6.54 Å². The zero-order valence-electron chi connectivity index (χ0n) is 9.54. The average molecular weight is 213 g/mol. The molecule has 0 amide bonds. The van der Waals surface area contributed by atoms with Crippen molar-refractivity contribution in [2.24, 2.45) is 10.7 Å². The van der Waals surface area contributed by atoms with Crippen LogP contribution in [0.15, 0.2) is 4.99 Å². The third kappa shape index (κ3) is 5.93. The van der Waals surface area contributed by atoms with E-state index in [4.69, 9.17) is 10.5 Å². The second kappa shape index (κ2) is 4.51. The zero-order valence-corrected chi connectivity index (χ0v) is 9.54. The molecule has 1 saturated carbocycles. The smallest absolute Gasteiger partial charge is 0.328 e. The lowest BCUT2D eigenvalue weighted by Gasteiger charge is -2.18. The molecule has 0 aromatic heterocycles. The van der Waals surface area contributed by atoms with E-state index in [0.29, 0.717) is 12.0 Å². The van der Waals surface area contributed by atoms with Gasteiger partial charge in [0.15, 0.2) is 5.96 Å². The number of esters is 1. The normalized spacial score (nSPS) is 17.4. The minimum atomic E-state index is -0.467. The molecule has 0 radical (unpaired) electrons. The van der Waals surface area contributed by atoms with E-state index in [1.54, 1.807) is 0 Å². The maximum atomic E-state index is 11.3. The molecule has 15 heavy (non-hydrogen) atoms. The van der Waals surface area contributed by atoms with Crippen molar-refractivity contribution < 1.29 is 9.53 Å². The fraction of sp³-hybridized carbons (Fsp3) is 0.800. The molecular weight excluding hydrogens is 194 g/mol. The molecule has 0 bridgehead atoms. The van der Waals surface area contributed by atoms with Crippen molar-refractivity contribution in [3.05, 3.63) is 0 Å². The number of ether oxygens (including phenoxy) is 1. The highest BCUT2D eigenvalue weighted by Crippen LogP contribution is 2.17. The highest BCUT2D eigenvalue weighted by Gasteiger charge is 2.21. The third-order valence-electron chi connectivity index (χ3n) is 1.73. The van der Waals surface area contributed by atoms with Crippen molar-refractivity contribution in [3.63, 3.8) is 0 Å². The van der Waals surface area contributed by atoms with E-state index in [9.17, 15) is 4.79 Å². The van der Waals surface area contributed by atoms with Crippen LogP contribution >= 0.6 is 0 Å². The van der Waals surface area contributed by atoms with Gasteiger partial charge in [0.1, 0.15) is 12.1 Å². The summed E-state index contributed by atoms with van der Waals surface area (Å²) in [6.45, 7) is 5.43. The Hall–Kier alpha value is -1.26. The highest BCUT2D eigenvalue weighted by atomic mass is 16.6. The molecule has 0 saturated heterocycles. The van der Waals surface area contributed by atoms with E-state index in [1.807, 2.05) is 20.8 Å². The maximum absolute atomic E-state index is 11.3. The van der Waals surface area contributed by atoms with Gasteiger partial charge in [0, 0.05) is 6.04 Å². The summed E-state index contributed by atoms with van der Waals surface area (Å²) in [5.74, 6) is -0.0357. The molecule has 0 aromatic carbocycles. The minimum absolute atomic E-state index is 0.0250. The SMILES string of the molecule is CC(C)(C)OC(=O)CN=C(N)NC1CC1. The van der Waals surface area contributed by atoms with Crippen LogP contribution in [0.3, 0.4) is 0 Å². The number of guanidine groups is 1. The Morgan fingerprint density at radius 2 is 2.13 bits per heavy atom. The lowest BCUT2D eigenvalue weighted by Crippen LogP contribution is -2.34. The largest absolute Gasteiger partial charge is 0.459 e. The fourth-order valence-electron chi connectivity index (χ4n) is 1.01. The lowest BCUT2D eigenvalue weighted by molar-refractivity contribution is -0.152. The first-order chi connectivity index (χ1) is 6.87. The van der Waals surface area contributed by atoms with Crippen LogP contribution < -0.4 is 11.1 Å². The van der Waals surface area contributed by atoms with E-state index in [-0.39, 0.29) is 12.5 Å². The van der Waals surface area contributed by atoms with Gasteiger partial charge >= 0.3 is 5.97 Å². The van der Waals surface area contributed by atoms with Gasteiger partial charge in [-0.25, -0.2) is 4.99 Å². The van der Waals surface area contributed by atoms with Gasteiger partial charge in [-0.1, -0.05) is 0 Å². The summed E-state index contributed by atoms with van der Waals surface area (Å²) in [6, 6.07) is 0.451. The number of carbonyl (C=O) groups excluding carboxylic acids is 1. The van der Waals surface area contributed by atoms with Gasteiger partial charge in [0.05, 0.1) is 0 Å². The van der Waals surface area contributed by atoms with Gasteiger partial charge in [-0.05, 0) is 33.6 Å². The van der Waals surface area contributed by atoms with E-state index in [1.165, 1.54) is 0 Å². The molecule has 3 N–H and O–H groups in total. The van der Waals surface area contributed by atoms with E-state index < -0.39 is 5.60 Å². The first-order valence-electron chi connectivity index (χ1n) is 5.15. The molecule has 5 nitrogen and oxygen atoms in total. The minimum Gasteiger partial charge on any atom is -0.459 e. The van der Waals surface area contributed by atoms with Crippen molar-refractivity contribution in [1.29, 1.82) is 0 Å². The summed E-state index contributed by atoms with van der Waals surface area (Å²) in [7, 11) is 0. The maximum Gasteiger partial charge on any atom is 0.328 e. The van der Waals surface area contributed by atoms with Crippen molar-refractivity contribution in [1.82, 2.24) is 5.32 Å². The molecule has 0 aromatic rings. The van der Waals surface area contributed by atoms with Crippen LogP contribution in [0.1, 0.15) is 33.6 Å². The summed E-state index contributed by atoms with van der Waals surface area (Å²) in [5, 5.41) is 2.99. The second-order valence-corrected chi connectivity index (χ2v) is 4.71. The quantitative estimate of drug-likeness (QED) is 0.404. The molecule has 1 rings (SSSR count). The summed E-state index contributed by atoms with van der Waals surface area (Å²) >= 11 is 0. The van der Waals surface area contributed by atoms with Crippen LogP contribution in [0.25, 0.3) is 0 Å². The number of nitrogens with one attached hydrogen (secondary N) is 1. The molecule has 1 aliphatic rings. The molecule has 0 atom stereocenters. The lowest BCUT2D eigenvalue weighted by atomic mass is 10.2. The number of hydrogen-bond acceptors (Lipinski definition) is 3. The van der Waals surface area contributed by atoms with Gasteiger partial charge < -0.3 is 15.8 Å². The number of aliphatic imine (C=N–C) groups is 1. The second-order valence-electron chi connectivity index (χ2n) is 4.71. The van der Waals surface area contributed by atoms with E-state index in [0.717, 1.165) is 12.8 Å². The van der Waals surface area contributed by atoms with Crippen molar-refractivity contribution in [2.45, 2.75) is 45.3 Å². The van der Waals surface area contributed by atoms with Crippen LogP contribution in [0.2, 0.25) is 0 Å². The molecular formula is C10H19N3O2. The Bertz CT molecular complexity index is 264. The van der Waals surface area contributed by atoms with Gasteiger partial charge in [-0.15, -0.1) is 0 Å². The first-order valence-corrected chi connectivity index (χ1v) is 5.15. The standard InChI is InChI=1S/C10H19N3O2/c1-10(2,3)15-8(14)6-12-9(11)13-7-4-5-7/h7H,4-6H2,1-3H3,(H3,11,12,13). The van der Waals surface area contributed by atoms with Crippen LogP contribution in [0.5, 0.6) is 0 Å². The topological polar surface area (TPSA) is 76.7 Å². The Balaban J connectivity index is 2.25. The predicted octanol–water partition coefficient (Wildman–Crippen LogP) is 0.395. The molecule has 0 heterocycles. The average Bonchev–Trinajstić information content (AvgIpc) is 2.81. The van der Waals surface area contributed by atoms with E-state index in [2.05, 4.69) is 10.3 Å². The zero-order chi connectivity index (χ0) is 11.5. The Kier molecular flexibility index (Phi) is 3.55. The van der Waals surface area contributed by atoms with Crippen molar-refractivity contribution in [3.8, 4) is 0 Å². The van der Waals surface area contributed by atoms with Crippen LogP contribution in [0.4, 0.5) is 0 Å². The van der Waals surface area contributed by atoms with Crippen LogP contribution in [-0.2, 0) is 9.53 Å². The molecule has 1 aliphatic carbocycles. The monoisotopic (exact) mass is 213 g/mol. The number of nitrogens with zero attached hydrogens (tertiary/aromatic N) is 1. The Labute approximate surface area is 90.1 Å². The number of nitrogens with two attached hydrogens (primary N) is 1. The summed E-state index contributed by atoms with van der Waals surface area (Å²) in [5.41, 5.74) is 5.09. The van der Waals surface area contributed by atoms with Crippen molar-refractivity contribution >= 4 is 11.9 Å². The Morgan fingerprint density at radius 1 is 1.53 bits per heavy atom. The molecule has 86 valence electrons. The first kappa shape index (κ1) is 11.8. The summed E-state index contributed by atoms with van der Waals surface area (Å²) < 4.78 is 5.08. The van der Waals surface area contributed by atoms with Gasteiger partial charge in [0.2, 0.25) is 0 Å². The predicted molar refractivity (Wildman–Crippen MR) is 58.5 cm³/mol. The number of hydrogen-bond donors (Lipinski definition) is 2. The van der Waals surface area contributed by atoms with Gasteiger partial charge in [-0.2, -0.15) is 0 Å². The molecule has 1 fully saturated rings. The third-order valence-corrected chi connectivity index (χ3v) is 1.73. The van der Waals surface area contributed by atoms with Gasteiger partial charge in [-0.3, -0.25) is 4.79 Å². The van der Waals surface area contributed by atoms with E-state index >= 15 is 0 Å². The summed E-state index contributed by atoms with van der Waals surface area (Å²) in [6.07, 6.45) is 2.26. The molecule has 0 spiro atoms.